The van der Waals surface area contributed by atoms with Crippen LogP contribution in [0.25, 0.3) is 0 Å². The molecule has 1 aromatic rings. The molecule has 1 fully saturated rings. The second kappa shape index (κ2) is 5.94. The van der Waals surface area contributed by atoms with Crippen molar-refractivity contribution in [3.8, 4) is 0 Å². The van der Waals surface area contributed by atoms with Crippen LogP contribution in [0.4, 0.5) is 5.69 Å². The van der Waals surface area contributed by atoms with Crippen LogP contribution in [0.15, 0.2) is 18.2 Å². The number of anilines is 1. The second-order valence-electron chi connectivity index (χ2n) is 6.00. The highest BCUT2D eigenvalue weighted by atomic mass is 16.2. The van der Waals surface area contributed by atoms with Crippen molar-refractivity contribution < 1.29 is 4.79 Å². The van der Waals surface area contributed by atoms with Crippen molar-refractivity contribution in [2.24, 2.45) is 0 Å². The van der Waals surface area contributed by atoms with Crippen molar-refractivity contribution in [3.63, 3.8) is 0 Å². The summed E-state index contributed by atoms with van der Waals surface area (Å²) in [6.07, 6.45) is 0. The number of nitrogens with zero attached hydrogens (tertiary/aromatic N) is 1. The van der Waals surface area contributed by atoms with Crippen molar-refractivity contribution in [2.75, 3.05) is 31.5 Å². The summed E-state index contributed by atoms with van der Waals surface area (Å²) in [4.78, 5) is 14.9. The van der Waals surface area contributed by atoms with E-state index in [2.05, 4.69) is 28.5 Å². The van der Waals surface area contributed by atoms with Crippen LogP contribution in [0.5, 0.6) is 0 Å². The number of carbonyl (C=O) groups excluding carboxylic acids is 1. The van der Waals surface area contributed by atoms with Gasteiger partial charge in [-0.3, -0.25) is 9.69 Å². The van der Waals surface area contributed by atoms with Crippen molar-refractivity contribution in [1.29, 1.82) is 0 Å². The summed E-state index contributed by atoms with van der Waals surface area (Å²) in [5, 5.41) is 6.41. The van der Waals surface area contributed by atoms with E-state index >= 15 is 0 Å². The predicted molar refractivity (Wildman–Crippen MR) is 83.1 cm³/mol. The fourth-order valence-electron chi connectivity index (χ4n) is 2.53. The molecule has 0 saturated carbocycles. The fraction of sp³-hybridized carbons (Fsp3) is 0.562. The van der Waals surface area contributed by atoms with Crippen molar-refractivity contribution in [1.82, 2.24) is 10.2 Å². The lowest BCUT2D eigenvalue weighted by Crippen LogP contribution is -2.58. The molecule has 110 valence electrons. The number of nitrogens with one attached hydrogen (secondary N) is 2. The molecule has 0 atom stereocenters. The maximum absolute atomic E-state index is 12.6. The van der Waals surface area contributed by atoms with Crippen LogP contribution >= 0.6 is 0 Å². The number of aryl methyl sites for hydroxylation is 1. The number of hydrogen-bond donors (Lipinski definition) is 2. The van der Waals surface area contributed by atoms with Gasteiger partial charge in [0.1, 0.15) is 0 Å². The standard InChI is InChI=1S/C16H25N3O/c1-12-6-5-7-14(13(12)2)18-15(20)16(3,4)19-10-8-17-9-11-19/h5-7,17H,8-11H2,1-4H3,(H,18,20). The first kappa shape index (κ1) is 15.0. The van der Waals surface area contributed by atoms with E-state index in [1.165, 1.54) is 5.56 Å². The SMILES string of the molecule is Cc1cccc(NC(=O)C(C)(C)N2CCNCC2)c1C. The molecule has 0 bridgehead atoms. The molecule has 0 spiro atoms. The highest BCUT2D eigenvalue weighted by Gasteiger charge is 2.35. The molecule has 0 radical (unpaired) electrons. The minimum atomic E-state index is -0.488. The summed E-state index contributed by atoms with van der Waals surface area (Å²) in [6, 6.07) is 6.01. The van der Waals surface area contributed by atoms with Gasteiger partial charge in [-0.2, -0.15) is 0 Å². The van der Waals surface area contributed by atoms with Crippen LogP contribution in [-0.4, -0.2) is 42.5 Å². The molecule has 1 aliphatic rings. The molecule has 2 N–H and O–H groups in total. The smallest absolute Gasteiger partial charge is 0.244 e. The van der Waals surface area contributed by atoms with Gasteiger partial charge in [0.05, 0.1) is 5.54 Å². The molecular weight excluding hydrogens is 250 g/mol. The first-order chi connectivity index (χ1) is 9.43. The molecule has 2 rings (SSSR count). The van der Waals surface area contributed by atoms with Crippen LogP contribution < -0.4 is 10.6 Å². The van der Waals surface area contributed by atoms with Crippen LogP contribution in [-0.2, 0) is 4.79 Å². The Kier molecular flexibility index (Phi) is 4.45. The Bertz CT molecular complexity index is 490. The van der Waals surface area contributed by atoms with Gasteiger partial charge in [-0.15, -0.1) is 0 Å². The van der Waals surface area contributed by atoms with E-state index in [1.807, 2.05) is 32.9 Å². The lowest BCUT2D eigenvalue weighted by molar-refractivity contribution is -0.126. The molecule has 0 aromatic heterocycles. The summed E-state index contributed by atoms with van der Waals surface area (Å²) in [7, 11) is 0. The van der Waals surface area contributed by atoms with Gasteiger partial charge >= 0.3 is 0 Å². The van der Waals surface area contributed by atoms with Crippen LogP contribution in [0, 0.1) is 13.8 Å². The van der Waals surface area contributed by atoms with E-state index in [-0.39, 0.29) is 5.91 Å². The molecular formula is C16H25N3O. The first-order valence-corrected chi connectivity index (χ1v) is 7.26. The summed E-state index contributed by atoms with van der Waals surface area (Å²) in [5.74, 6) is 0.0631. The summed E-state index contributed by atoms with van der Waals surface area (Å²) in [6.45, 7) is 11.8. The Morgan fingerprint density at radius 1 is 1.25 bits per heavy atom. The molecule has 4 heteroatoms. The van der Waals surface area contributed by atoms with Crippen LogP contribution in [0.2, 0.25) is 0 Å². The fourth-order valence-corrected chi connectivity index (χ4v) is 2.53. The Hall–Kier alpha value is -1.39. The number of rotatable bonds is 3. The maximum Gasteiger partial charge on any atom is 0.244 e. The van der Waals surface area contributed by atoms with E-state index in [1.54, 1.807) is 0 Å². The number of piperazine rings is 1. The molecule has 0 unspecified atom stereocenters. The minimum absolute atomic E-state index is 0.0631. The zero-order chi connectivity index (χ0) is 14.8. The van der Waals surface area contributed by atoms with Gasteiger partial charge in [-0.1, -0.05) is 12.1 Å². The van der Waals surface area contributed by atoms with E-state index < -0.39 is 5.54 Å². The normalized spacial score (nSPS) is 17.0. The molecule has 0 aliphatic carbocycles. The molecule has 4 nitrogen and oxygen atoms in total. The van der Waals surface area contributed by atoms with Gasteiger partial charge in [0.2, 0.25) is 5.91 Å². The average Bonchev–Trinajstić information content (AvgIpc) is 2.44. The topological polar surface area (TPSA) is 44.4 Å². The third-order valence-electron chi connectivity index (χ3n) is 4.32. The van der Waals surface area contributed by atoms with Gasteiger partial charge in [-0.25, -0.2) is 0 Å². The number of hydrogen-bond acceptors (Lipinski definition) is 3. The lowest BCUT2D eigenvalue weighted by Gasteiger charge is -2.39. The maximum atomic E-state index is 12.6. The Labute approximate surface area is 121 Å². The van der Waals surface area contributed by atoms with E-state index in [0.29, 0.717) is 0 Å². The highest BCUT2D eigenvalue weighted by Crippen LogP contribution is 2.22. The monoisotopic (exact) mass is 275 g/mol. The van der Waals surface area contributed by atoms with Gasteiger partial charge < -0.3 is 10.6 Å². The zero-order valence-electron chi connectivity index (χ0n) is 12.9. The summed E-state index contributed by atoms with van der Waals surface area (Å²) in [5.41, 5.74) is 2.76. The lowest BCUT2D eigenvalue weighted by atomic mass is 9.99. The molecule has 1 heterocycles. The summed E-state index contributed by atoms with van der Waals surface area (Å²) < 4.78 is 0. The Morgan fingerprint density at radius 2 is 1.90 bits per heavy atom. The minimum Gasteiger partial charge on any atom is -0.324 e. The third-order valence-corrected chi connectivity index (χ3v) is 4.32. The van der Waals surface area contributed by atoms with Gasteiger partial charge in [-0.05, 0) is 44.9 Å². The zero-order valence-corrected chi connectivity index (χ0v) is 12.9. The van der Waals surface area contributed by atoms with E-state index in [9.17, 15) is 4.79 Å². The van der Waals surface area contributed by atoms with Gasteiger partial charge in [0, 0.05) is 31.9 Å². The first-order valence-electron chi connectivity index (χ1n) is 7.26. The number of amides is 1. The van der Waals surface area contributed by atoms with Crippen molar-refractivity contribution in [2.45, 2.75) is 33.2 Å². The second-order valence-corrected chi connectivity index (χ2v) is 6.00. The Balaban J connectivity index is 2.12. The molecule has 1 aliphatic heterocycles. The van der Waals surface area contributed by atoms with E-state index in [0.717, 1.165) is 37.4 Å². The number of carbonyl (C=O) groups is 1. The Morgan fingerprint density at radius 3 is 2.55 bits per heavy atom. The molecule has 20 heavy (non-hydrogen) atoms. The van der Waals surface area contributed by atoms with E-state index in [4.69, 9.17) is 0 Å². The summed E-state index contributed by atoms with van der Waals surface area (Å²) >= 11 is 0. The average molecular weight is 275 g/mol. The van der Waals surface area contributed by atoms with Crippen molar-refractivity contribution in [3.05, 3.63) is 29.3 Å². The van der Waals surface area contributed by atoms with Crippen LogP contribution in [0.3, 0.4) is 0 Å². The number of benzene rings is 1. The molecule has 1 amide bonds. The largest absolute Gasteiger partial charge is 0.324 e. The third kappa shape index (κ3) is 3.02. The van der Waals surface area contributed by atoms with Crippen LogP contribution in [0.1, 0.15) is 25.0 Å². The van der Waals surface area contributed by atoms with Gasteiger partial charge in [0.15, 0.2) is 0 Å². The molecule has 1 aromatic carbocycles. The highest BCUT2D eigenvalue weighted by molar-refractivity contribution is 5.98. The van der Waals surface area contributed by atoms with Gasteiger partial charge in [0.25, 0.3) is 0 Å². The predicted octanol–water partition coefficient (Wildman–Crippen LogP) is 1.93. The van der Waals surface area contributed by atoms with Crippen molar-refractivity contribution >= 4 is 11.6 Å². The quantitative estimate of drug-likeness (QED) is 0.886. The molecule has 1 saturated heterocycles.